The minimum atomic E-state index is 0.0289. The van der Waals surface area contributed by atoms with Crippen LogP contribution in [0, 0.1) is 0 Å². The van der Waals surface area contributed by atoms with Crippen LogP contribution >= 0.6 is 0 Å². The van der Waals surface area contributed by atoms with E-state index in [0.29, 0.717) is 23.6 Å². The lowest BCUT2D eigenvalue weighted by atomic mass is 10.1. The van der Waals surface area contributed by atoms with E-state index in [0.717, 1.165) is 13.1 Å². The average Bonchev–Trinajstić information content (AvgIpc) is 2.67. The molecule has 0 saturated carbocycles. The summed E-state index contributed by atoms with van der Waals surface area (Å²) in [6, 6.07) is 15.8. The first-order chi connectivity index (χ1) is 12.1. The second-order valence-corrected chi connectivity index (χ2v) is 6.20. The highest BCUT2D eigenvalue weighted by Crippen LogP contribution is 2.29. The van der Waals surface area contributed by atoms with Crippen LogP contribution in [-0.4, -0.2) is 50.7 Å². The molecular weight excluding hydrogens is 316 g/mol. The summed E-state index contributed by atoms with van der Waals surface area (Å²) in [4.78, 5) is 17.2. The van der Waals surface area contributed by atoms with Gasteiger partial charge in [0.05, 0.1) is 14.2 Å². The van der Waals surface area contributed by atoms with Gasteiger partial charge in [0.15, 0.2) is 11.5 Å². The SMILES string of the molecule is COc1ccc(C(=O)N2CCN(c3ccccc3)CC2C)cc1OC. The normalized spacial score (nSPS) is 17.3. The zero-order chi connectivity index (χ0) is 17.8. The Kier molecular flexibility index (Phi) is 5.12. The van der Waals surface area contributed by atoms with Crippen LogP contribution in [0.3, 0.4) is 0 Å². The molecule has 25 heavy (non-hydrogen) atoms. The van der Waals surface area contributed by atoms with Crippen molar-refractivity contribution in [2.45, 2.75) is 13.0 Å². The topological polar surface area (TPSA) is 42.0 Å². The van der Waals surface area contributed by atoms with Crippen LogP contribution < -0.4 is 14.4 Å². The summed E-state index contributed by atoms with van der Waals surface area (Å²) in [5.41, 5.74) is 1.82. The van der Waals surface area contributed by atoms with E-state index in [1.54, 1.807) is 32.4 Å². The molecule has 1 fully saturated rings. The highest BCUT2D eigenvalue weighted by atomic mass is 16.5. The van der Waals surface area contributed by atoms with Gasteiger partial charge in [-0.25, -0.2) is 0 Å². The van der Waals surface area contributed by atoms with E-state index in [2.05, 4.69) is 24.0 Å². The predicted octanol–water partition coefficient (Wildman–Crippen LogP) is 3.05. The average molecular weight is 340 g/mol. The molecule has 1 aliphatic heterocycles. The fourth-order valence-corrected chi connectivity index (χ4v) is 3.27. The minimum Gasteiger partial charge on any atom is -0.493 e. The van der Waals surface area contributed by atoms with Crippen molar-refractivity contribution >= 4 is 11.6 Å². The van der Waals surface area contributed by atoms with Crippen molar-refractivity contribution in [3.8, 4) is 11.5 Å². The number of hydrogen-bond donors (Lipinski definition) is 0. The molecule has 0 aliphatic carbocycles. The number of anilines is 1. The molecule has 5 nitrogen and oxygen atoms in total. The molecule has 3 rings (SSSR count). The van der Waals surface area contributed by atoms with Gasteiger partial charge in [-0.1, -0.05) is 18.2 Å². The second kappa shape index (κ2) is 7.47. The highest BCUT2D eigenvalue weighted by molar-refractivity contribution is 5.95. The van der Waals surface area contributed by atoms with Crippen LogP contribution in [0.25, 0.3) is 0 Å². The maximum absolute atomic E-state index is 12.9. The Morgan fingerprint density at radius 2 is 1.72 bits per heavy atom. The number of hydrogen-bond acceptors (Lipinski definition) is 4. The number of carbonyl (C=O) groups excluding carboxylic acids is 1. The first-order valence-corrected chi connectivity index (χ1v) is 8.47. The number of carbonyl (C=O) groups is 1. The lowest BCUT2D eigenvalue weighted by Crippen LogP contribution is -2.54. The third-order valence-electron chi connectivity index (χ3n) is 4.64. The number of nitrogens with zero attached hydrogens (tertiary/aromatic N) is 2. The Bertz CT molecular complexity index is 733. The second-order valence-electron chi connectivity index (χ2n) is 6.20. The number of benzene rings is 2. The fourth-order valence-electron chi connectivity index (χ4n) is 3.27. The third-order valence-corrected chi connectivity index (χ3v) is 4.64. The zero-order valence-corrected chi connectivity index (χ0v) is 14.9. The van der Waals surface area contributed by atoms with Crippen LogP contribution in [-0.2, 0) is 0 Å². The molecule has 0 spiro atoms. The molecule has 1 aliphatic rings. The molecule has 1 saturated heterocycles. The van der Waals surface area contributed by atoms with Gasteiger partial charge < -0.3 is 19.3 Å². The summed E-state index contributed by atoms with van der Waals surface area (Å²) in [5.74, 6) is 1.23. The van der Waals surface area contributed by atoms with Crippen molar-refractivity contribution in [1.82, 2.24) is 4.90 Å². The minimum absolute atomic E-state index is 0.0289. The smallest absolute Gasteiger partial charge is 0.254 e. The van der Waals surface area contributed by atoms with Gasteiger partial charge in [-0.2, -0.15) is 0 Å². The predicted molar refractivity (Wildman–Crippen MR) is 98.7 cm³/mol. The molecule has 5 heteroatoms. The summed E-state index contributed by atoms with van der Waals surface area (Å²) in [5, 5.41) is 0. The maximum Gasteiger partial charge on any atom is 0.254 e. The third kappa shape index (κ3) is 3.55. The summed E-state index contributed by atoms with van der Waals surface area (Å²) in [6.07, 6.45) is 0. The van der Waals surface area contributed by atoms with Crippen molar-refractivity contribution in [3.05, 3.63) is 54.1 Å². The standard InChI is InChI=1S/C20H24N2O3/c1-15-14-21(17-7-5-4-6-8-17)11-12-22(15)20(23)16-9-10-18(24-2)19(13-16)25-3/h4-10,13,15H,11-12,14H2,1-3H3. The van der Waals surface area contributed by atoms with E-state index in [-0.39, 0.29) is 11.9 Å². The van der Waals surface area contributed by atoms with Crippen LogP contribution in [0.15, 0.2) is 48.5 Å². The Morgan fingerprint density at radius 3 is 2.36 bits per heavy atom. The van der Waals surface area contributed by atoms with Gasteiger partial charge in [0, 0.05) is 36.9 Å². The zero-order valence-electron chi connectivity index (χ0n) is 14.9. The molecule has 0 radical (unpaired) electrons. The molecular formula is C20H24N2O3. The molecule has 0 aromatic heterocycles. The molecule has 132 valence electrons. The first-order valence-electron chi connectivity index (χ1n) is 8.47. The van der Waals surface area contributed by atoms with Crippen molar-refractivity contribution in [1.29, 1.82) is 0 Å². The Morgan fingerprint density at radius 1 is 1.00 bits per heavy atom. The number of para-hydroxylation sites is 1. The Balaban J connectivity index is 1.73. The summed E-state index contributed by atoms with van der Waals surface area (Å²) >= 11 is 0. The van der Waals surface area contributed by atoms with Crippen molar-refractivity contribution < 1.29 is 14.3 Å². The van der Waals surface area contributed by atoms with Crippen molar-refractivity contribution in [2.24, 2.45) is 0 Å². The van der Waals surface area contributed by atoms with Gasteiger partial charge in [-0.05, 0) is 37.3 Å². The van der Waals surface area contributed by atoms with E-state index in [1.807, 2.05) is 23.1 Å². The monoisotopic (exact) mass is 340 g/mol. The van der Waals surface area contributed by atoms with E-state index >= 15 is 0 Å². The molecule has 1 atom stereocenters. The van der Waals surface area contributed by atoms with E-state index in [1.165, 1.54) is 5.69 Å². The van der Waals surface area contributed by atoms with Gasteiger partial charge in [0.25, 0.3) is 5.91 Å². The van der Waals surface area contributed by atoms with Crippen molar-refractivity contribution in [2.75, 3.05) is 38.8 Å². The van der Waals surface area contributed by atoms with Crippen LogP contribution in [0.1, 0.15) is 17.3 Å². The summed E-state index contributed by atoms with van der Waals surface area (Å²) in [7, 11) is 3.16. The Hall–Kier alpha value is -2.69. The Labute approximate surface area is 148 Å². The van der Waals surface area contributed by atoms with E-state index in [4.69, 9.17) is 9.47 Å². The molecule has 1 unspecified atom stereocenters. The summed E-state index contributed by atoms with van der Waals surface area (Å²) in [6.45, 7) is 4.44. The number of ether oxygens (including phenoxy) is 2. The lowest BCUT2D eigenvalue weighted by Gasteiger charge is -2.41. The van der Waals surface area contributed by atoms with Crippen molar-refractivity contribution in [3.63, 3.8) is 0 Å². The van der Waals surface area contributed by atoms with Crippen LogP contribution in [0.2, 0.25) is 0 Å². The molecule has 1 amide bonds. The lowest BCUT2D eigenvalue weighted by molar-refractivity contribution is 0.0673. The largest absolute Gasteiger partial charge is 0.493 e. The van der Waals surface area contributed by atoms with Gasteiger partial charge in [-0.15, -0.1) is 0 Å². The highest BCUT2D eigenvalue weighted by Gasteiger charge is 2.28. The molecule has 2 aromatic carbocycles. The first kappa shape index (κ1) is 17.1. The van der Waals surface area contributed by atoms with Crippen LogP contribution in [0.4, 0.5) is 5.69 Å². The number of rotatable bonds is 4. The van der Waals surface area contributed by atoms with E-state index in [9.17, 15) is 4.79 Å². The molecule has 1 heterocycles. The number of amides is 1. The fraction of sp³-hybridized carbons (Fsp3) is 0.350. The quantitative estimate of drug-likeness (QED) is 0.858. The summed E-state index contributed by atoms with van der Waals surface area (Å²) < 4.78 is 10.6. The van der Waals surface area contributed by atoms with Gasteiger partial charge >= 0.3 is 0 Å². The van der Waals surface area contributed by atoms with Gasteiger partial charge in [0.1, 0.15) is 0 Å². The number of methoxy groups -OCH3 is 2. The number of piperazine rings is 1. The van der Waals surface area contributed by atoms with Crippen LogP contribution in [0.5, 0.6) is 11.5 Å². The van der Waals surface area contributed by atoms with Gasteiger partial charge in [-0.3, -0.25) is 4.79 Å². The molecule has 2 aromatic rings. The maximum atomic E-state index is 12.9. The molecule has 0 N–H and O–H groups in total. The molecule has 0 bridgehead atoms. The van der Waals surface area contributed by atoms with E-state index < -0.39 is 0 Å². The van der Waals surface area contributed by atoms with Gasteiger partial charge in [0.2, 0.25) is 0 Å².